The minimum Gasteiger partial charge on any atom is -0.369 e. The summed E-state index contributed by atoms with van der Waals surface area (Å²) in [6.07, 6.45) is 8.41. The van der Waals surface area contributed by atoms with Gasteiger partial charge in [-0.1, -0.05) is 13.8 Å². The molecule has 0 saturated carbocycles. The van der Waals surface area contributed by atoms with Crippen LogP contribution in [0.4, 0.5) is 5.82 Å². The van der Waals surface area contributed by atoms with Crippen LogP contribution in [0.1, 0.15) is 31.5 Å². The Morgan fingerprint density at radius 1 is 1.05 bits per heavy atom. The molecule has 0 fully saturated rings. The quantitative estimate of drug-likeness (QED) is 0.808. The Kier molecular flexibility index (Phi) is 6.09. The molecule has 0 bridgehead atoms. The standard InChI is InChI=1S/C16H23N5/c1-3-7-18-16-11-19-15(10-20-16)13-21(4-2)12-14-5-8-17-9-6-14/h5-6,8-11H,3-4,7,12-13H2,1-2H3,(H,18,20). The molecule has 0 amide bonds. The highest BCUT2D eigenvalue weighted by atomic mass is 15.1. The third kappa shape index (κ3) is 5.11. The number of anilines is 1. The SMILES string of the molecule is CCCNc1cnc(CN(CC)Cc2ccncc2)cn1. The zero-order chi connectivity index (χ0) is 14.9. The Bertz CT molecular complexity index is 512. The van der Waals surface area contributed by atoms with Crippen molar-refractivity contribution in [3.63, 3.8) is 0 Å². The number of nitrogens with zero attached hydrogens (tertiary/aromatic N) is 4. The summed E-state index contributed by atoms with van der Waals surface area (Å²) in [6.45, 7) is 7.90. The van der Waals surface area contributed by atoms with Crippen molar-refractivity contribution in [2.75, 3.05) is 18.4 Å². The van der Waals surface area contributed by atoms with Gasteiger partial charge in [0.1, 0.15) is 5.82 Å². The van der Waals surface area contributed by atoms with Crippen LogP contribution in [0.5, 0.6) is 0 Å². The third-order valence-electron chi connectivity index (χ3n) is 3.25. The van der Waals surface area contributed by atoms with Crippen LogP contribution in [0.3, 0.4) is 0 Å². The van der Waals surface area contributed by atoms with E-state index in [4.69, 9.17) is 0 Å². The van der Waals surface area contributed by atoms with Gasteiger partial charge >= 0.3 is 0 Å². The lowest BCUT2D eigenvalue weighted by atomic mass is 10.2. The summed E-state index contributed by atoms with van der Waals surface area (Å²) in [5.74, 6) is 0.845. The average molecular weight is 285 g/mol. The maximum Gasteiger partial charge on any atom is 0.144 e. The fourth-order valence-electron chi connectivity index (χ4n) is 2.04. The lowest BCUT2D eigenvalue weighted by Gasteiger charge is -2.19. The van der Waals surface area contributed by atoms with Crippen molar-refractivity contribution < 1.29 is 0 Å². The topological polar surface area (TPSA) is 53.9 Å². The number of aromatic nitrogens is 3. The smallest absolute Gasteiger partial charge is 0.144 e. The van der Waals surface area contributed by atoms with Gasteiger partial charge in [0.2, 0.25) is 0 Å². The summed E-state index contributed by atoms with van der Waals surface area (Å²) in [5, 5.41) is 3.23. The maximum atomic E-state index is 4.48. The van der Waals surface area contributed by atoms with Gasteiger partial charge in [0, 0.05) is 32.0 Å². The Morgan fingerprint density at radius 2 is 1.86 bits per heavy atom. The van der Waals surface area contributed by atoms with Gasteiger partial charge in [0.15, 0.2) is 0 Å². The first-order valence-electron chi connectivity index (χ1n) is 7.47. The van der Waals surface area contributed by atoms with Gasteiger partial charge < -0.3 is 5.32 Å². The van der Waals surface area contributed by atoms with Gasteiger partial charge in [-0.15, -0.1) is 0 Å². The van der Waals surface area contributed by atoms with Crippen molar-refractivity contribution in [1.29, 1.82) is 0 Å². The van der Waals surface area contributed by atoms with Crippen LogP contribution in [-0.4, -0.2) is 32.9 Å². The van der Waals surface area contributed by atoms with E-state index in [0.717, 1.165) is 44.1 Å². The van der Waals surface area contributed by atoms with Crippen LogP contribution >= 0.6 is 0 Å². The molecule has 0 saturated heterocycles. The number of hydrogen-bond acceptors (Lipinski definition) is 5. The van der Waals surface area contributed by atoms with Crippen LogP contribution in [0.15, 0.2) is 36.9 Å². The molecule has 2 rings (SSSR count). The molecular formula is C16H23N5. The first kappa shape index (κ1) is 15.4. The van der Waals surface area contributed by atoms with Crippen molar-refractivity contribution in [2.45, 2.75) is 33.4 Å². The molecule has 0 aliphatic carbocycles. The average Bonchev–Trinajstić information content (AvgIpc) is 2.54. The fraction of sp³-hybridized carbons (Fsp3) is 0.438. The molecule has 0 unspecified atom stereocenters. The van der Waals surface area contributed by atoms with E-state index in [2.05, 4.69) is 39.0 Å². The van der Waals surface area contributed by atoms with Gasteiger partial charge in [-0.3, -0.25) is 14.9 Å². The van der Waals surface area contributed by atoms with Gasteiger partial charge in [0.25, 0.3) is 0 Å². The van der Waals surface area contributed by atoms with Crippen LogP contribution in [-0.2, 0) is 13.1 Å². The predicted octanol–water partition coefficient (Wildman–Crippen LogP) is 2.72. The Morgan fingerprint density at radius 3 is 2.48 bits per heavy atom. The minimum absolute atomic E-state index is 0.805. The van der Waals surface area contributed by atoms with Crippen molar-refractivity contribution in [3.8, 4) is 0 Å². The van der Waals surface area contributed by atoms with Crippen molar-refractivity contribution in [1.82, 2.24) is 19.9 Å². The number of pyridine rings is 1. The zero-order valence-corrected chi connectivity index (χ0v) is 12.8. The molecule has 5 heteroatoms. The predicted molar refractivity (Wildman–Crippen MR) is 84.8 cm³/mol. The second kappa shape index (κ2) is 8.32. The first-order chi connectivity index (χ1) is 10.3. The molecular weight excluding hydrogens is 262 g/mol. The van der Waals surface area contributed by atoms with Crippen LogP contribution < -0.4 is 5.32 Å². The molecule has 0 radical (unpaired) electrons. The molecule has 112 valence electrons. The number of rotatable bonds is 8. The number of hydrogen-bond donors (Lipinski definition) is 1. The van der Waals surface area contributed by atoms with E-state index >= 15 is 0 Å². The fourth-order valence-corrected chi connectivity index (χ4v) is 2.04. The summed E-state index contributed by atoms with van der Waals surface area (Å²) < 4.78 is 0. The lowest BCUT2D eigenvalue weighted by molar-refractivity contribution is 0.267. The van der Waals surface area contributed by atoms with E-state index in [1.54, 1.807) is 0 Å². The van der Waals surface area contributed by atoms with Crippen LogP contribution in [0.25, 0.3) is 0 Å². The summed E-state index contributed by atoms with van der Waals surface area (Å²) in [7, 11) is 0. The minimum atomic E-state index is 0.805. The van der Waals surface area contributed by atoms with E-state index in [1.807, 2.05) is 36.9 Å². The molecule has 5 nitrogen and oxygen atoms in total. The highest BCUT2D eigenvalue weighted by molar-refractivity contribution is 5.30. The molecule has 2 aromatic rings. The highest BCUT2D eigenvalue weighted by Crippen LogP contribution is 2.08. The van der Waals surface area contributed by atoms with E-state index in [0.29, 0.717) is 0 Å². The van der Waals surface area contributed by atoms with E-state index in [1.165, 1.54) is 5.56 Å². The Labute approximate surface area is 126 Å². The molecule has 21 heavy (non-hydrogen) atoms. The summed E-state index contributed by atoms with van der Waals surface area (Å²) >= 11 is 0. The second-order valence-corrected chi connectivity index (χ2v) is 4.98. The summed E-state index contributed by atoms with van der Waals surface area (Å²) in [5.41, 5.74) is 2.26. The summed E-state index contributed by atoms with van der Waals surface area (Å²) in [6, 6.07) is 4.10. The molecule has 2 heterocycles. The molecule has 0 atom stereocenters. The largest absolute Gasteiger partial charge is 0.369 e. The van der Waals surface area contributed by atoms with Crippen molar-refractivity contribution in [3.05, 3.63) is 48.2 Å². The van der Waals surface area contributed by atoms with Crippen LogP contribution in [0.2, 0.25) is 0 Å². The van der Waals surface area contributed by atoms with Crippen LogP contribution in [0, 0.1) is 0 Å². The molecule has 2 aromatic heterocycles. The number of nitrogens with one attached hydrogen (secondary N) is 1. The monoisotopic (exact) mass is 285 g/mol. The van der Waals surface area contributed by atoms with Crippen molar-refractivity contribution >= 4 is 5.82 Å². The van der Waals surface area contributed by atoms with Gasteiger partial charge in [-0.25, -0.2) is 4.98 Å². The lowest BCUT2D eigenvalue weighted by Crippen LogP contribution is -2.23. The van der Waals surface area contributed by atoms with Gasteiger partial charge in [-0.05, 0) is 30.7 Å². The van der Waals surface area contributed by atoms with Crippen molar-refractivity contribution in [2.24, 2.45) is 0 Å². The summed E-state index contributed by atoms with van der Waals surface area (Å²) in [4.78, 5) is 15.3. The Hall–Kier alpha value is -2.01. The molecule has 0 spiro atoms. The van der Waals surface area contributed by atoms with Gasteiger partial charge in [-0.2, -0.15) is 0 Å². The van der Waals surface area contributed by atoms with Gasteiger partial charge in [0.05, 0.1) is 18.1 Å². The third-order valence-corrected chi connectivity index (χ3v) is 3.25. The normalized spacial score (nSPS) is 10.8. The maximum absolute atomic E-state index is 4.48. The van der Waals surface area contributed by atoms with E-state index in [-0.39, 0.29) is 0 Å². The highest BCUT2D eigenvalue weighted by Gasteiger charge is 2.06. The second-order valence-electron chi connectivity index (χ2n) is 4.98. The zero-order valence-electron chi connectivity index (χ0n) is 12.8. The Balaban J connectivity index is 1.92. The first-order valence-corrected chi connectivity index (χ1v) is 7.47. The molecule has 0 aromatic carbocycles. The van der Waals surface area contributed by atoms with E-state index < -0.39 is 0 Å². The molecule has 0 aliphatic rings. The van der Waals surface area contributed by atoms with E-state index in [9.17, 15) is 0 Å². The molecule has 0 aliphatic heterocycles. The molecule has 1 N–H and O–H groups in total.